The van der Waals surface area contributed by atoms with E-state index in [0.29, 0.717) is 24.8 Å². The number of nitrogens with one attached hydrogen (secondary N) is 1. The lowest BCUT2D eigenvalue weighted by Crippen LogP contribution is -2.41. The van der Waals surface area contributed by atoms with Crippen molar-refractivity contribution < 1.29 is 4.79 Å². The molecule has 0 fully saturated rings. The molecule has 0 saturated heterocycles. The zero-order valence-electron chi connectivity index (χ0n) is 12.4. The summed E-state index contributed by atoms with van der Waals surface area (Å²) in [6.45, 7) is 9.21. The molecular weight excluding hydrogens is 248 g/mol. The minimum atomic E-state index is 0. The molecule has 0 aromatic heterocycles. The molecule has 0 saturated carbocycles. The molecule has 1 amide bonds. The fourth-order valence-corrected chi connectivity index (χ4v) is 2.08. The molecule has 0 aliphatic rings. The van der Waals surface area contributed by atoms with Crippen molar-refractivity contribution in [3.05, 3.63) is 0 Å². The molecule has 0 aliphatic heterocycles. The van der Waals surface area contributed by atoms with Crippen LogP contribution in [0.2, 0.25) is 0 Å². The molecule has 0 bridgehead atoms. The average Bonchev–Trinajstić information content (AvgIpc) is 2.30. The SMILES string of the molecule is CCCCC(CN)NC(=O)CC(CC)C(C)C.Cl. The fraction of sp³-hybridized carbons (Fsp3) is 0.929. The summed E-state index contributed by atoms with van der Waals surface area (Å²) < 4.78 is 0. The zero-order valence-corrected chi connectivity index (χ0v) is 13.2. The number of amides is 1. The number of carbonyl (C=O) groups excluding carboxylic acids is 1. The normalized spacial score (nSPS) is 13.9. The first-order valence-corrected chi connectivity index (χ1v) is 7.04. The molecule has 0 spiro atoms. The molecular formula is C14H31ClN2O. The van der Waals surface area contributed by atoms with E-state index in [0.717, 1.165) is 25.7 Å². The number of unbranched alkanes of at least 4 members (excludes halogenated alkanes) is 1. The smallest absolute Gasteiger partial charge is 0.220 e. The summed E-state index contributed by atoms with van der Waals surface area (Å²) in [6.07, 6.45) is 4.97. The molecule has 2 unspecified atom stereocenters. The van der Waals surface area contributed by atoms with Crippen LogP contribution in [0.5, 0.6) is 0 Å². The maximum absolute atomic E-state index is 11.9. The van der Waals surface area contributed by atoms with Crippen LogP contribution >= 0.6 is 12.4 Å². The van der Waals surface area contributed by atoms with E-state index in [1.165, 1.54) is 0 Å². The molecule has 0 aromatic carbocycles. The maximum atomic E-state index is 11.9. The Kier molecular flexibility index (Phi) is 13.1. The average molecular weight is 279 g/mol. The Labute approximate surface area is 119 Å². The second kappa shape index (κ2) is 11.8. The second-order valence-electron chi connectivity index (χ2n) is 5.26. The summed E-state index contributed by atoms with van der Waals surface area (Å²) in [7, 11) is 0. The third-order valence-corrected chi connectivity index (χ3v) is 3.47. The molecule has 0 aromatic rings. The van der Waals surface area contributed by atoms with Crippen LogP contribution in [0.3, 0.4) is 0 Å². The van der Waals surface area contributed by atoms with E-state index in [-0.39, 0.29) is 24.4 Å². The van der Waals surface area contributed by atoms with E-state index in [1.807, 2.05) is 0 Å². The number of hydrogen-bond acceptors (Lipinski definition) is 2. The van der Waals surface area contributed by atoms with Crippen molar-refractivity contribution in [1.29, 1.82) is 0 Å². The molecule has 0 heterocycles. The number of halogens is 1. The Bertz CT molecular complexity index is 210. The largest absolute Gasteiger partial charge is 0.352 e. The van der Waals surface area contributed by atoms with Gasteiger partial charge in [0.05, 0.1) is 0 Å². The van der Waals surface area contributed by atoms with Gasteiger partial charge >= 0.3 is 0 Å². The minimum Gasteiger partial charge on any atom is -0.352 e. The van der Waals surface area contributed by atoms with Crippen molar-refractivity contribution in [3.63, 3.8) is 0 Å². The molecule has 2 atom stereocenters. The molecule has 0 rings (SSSR count). The van der Waals surface area contributed by atoms with Gasteiger partial charge in [-0.05, 0) is 18.3 Å². The summed E-state index contributed by atoms with van der Waals surface area (Å²) in [5, 5.41) is 3.06. The van der Waals surface area contributed by atoms with E-state index < -0.39 is 0 Å². The monoisotopic (exact) mass is 278 g/mol. The highest BCUT2D eigenvalue weighted by atomic mass is 35.5. The standard InChI is InChI=1S/C14H30N2O.ClH/c1-5-7-8-13(10-15)16-14(17)9-12(6-2)11(3)4;/h11-13H,5-10,15H2,1-4H3,(H,16,17);1H. The van der Waals surface area contributed by atoms with Gasteiger partial charge in [-0.25, -0.2) is 0 Å². The van der Waals surface area contributed by atoms with Crippen molar-refractivity contribution in [2.24, 2.45) is 17.6 Å². The Morgan fingerprint density at radius 1 is 1.28 bits per heavy atom. The Hall–Kier alpha value is -0.280. The number of carbonyl (C=O) groups is 1. The van der Waals surface area contributed by atoms with E-state index in [1.54, 1.807) is 0 Å². The van der Waals surface area contributed by atoms with Gasteiger partial charge in [0.2, 0.25) is 5.91 Å². The number of hydrogen-bond donors (Lipinski definition) is 2. The first-order chi connectivity index (χ1) is 8.04. The summed E-state index contributed by atoms with van der Waals surface area (Å²) in [4.78, 5) is 11.9. The van der Waals surface area contributed by atoms with Gasteiger partial charge < -0.3 is 11.1 Å². The summed E-state index contributed by atoms with van der Waals surface area (Å²) in [5.41, 5.74) is 5.67. The van der Waals surface area contributed by atoms with Crippen molar-refractivity contribution in [3.8, 4) is 0 Å². The van der Waals surface area contributed by atoms with Crippen LogP contribution in [0, 0.1) is 11.8 Å². The summed E-state index contributed by atoms with van der Waals surface area (Å²) >= 11 is 0. The van der Waals surface area contributed by atoms with Crippen molar-refractivity contribution >= 4 is 18.3 Å². The summed E-state index contributed by atoms with van der Waals surface area (Å²) in [6, 6.07) is 0.159. The van der Waals surface area contributed by atoms with Crippen LogP contribution in [0.4, 0.5) is 0 Å². The highest BCUT2D eigenvalue weighted by Gasteiger charge is 2.17. The molecule has 110 valence electrons. The van der Waals surface area contributed by atoms with Crippen LogP contribution < -0.4 is 11.1 Å². The fourth-order valence-electron chi connectivity index (χ4n) is 2.08. The van der Waals surface area contributed by atoms with Crippen molar-refractivity contribution in [1.82, 2.24) is 5.32 Å². The number of nitrogens with two attached hydrogens (primary N) is 1. The van der Waals surface area contributed by atoms with Gasteiger partial charge in [0, 0.05) is 19.0 Å². The van der Waals surface area contributed by atoms with E-state index in [4.69, 9.17) is 5.73 Å². The van der Waals surface area contributed by atoms with Crippen LogP contribution in [0.25, 0.3) is 0 Å². The highest BCUT2D eigenvalue weighted by Crippen LogP contribution is 2.18. The van der Waals surface area contributed by atoms with Crippen LogP contribution in [0.15, 0.2) is 0 Å². The first kappa shape index (κ1) is 20.0. The third-order valence-electron chi connectivity index (χ3n) is 3.47. The number of rotatable bonds is 9. The highest BCUT2D eigenvalue weighted by molar-refractivity contribution is 5.85. The Balaban J connectivity index is 0. The minimum absolute atomic E-state index is 0. The van der Waals surface area contributed by atoms with Gasteiger partial charge in [-0.15, -0.1) is 12.4 Å². The van der Waals surface area contributed by atoms with Crippen LogP contribution in [-0.2, 0) is 4.79 Å². The van der Waals surface area contributed by atoms with Gasteiger partial charge in [0.1, 0.15) is 0 Å². The van der Waals surface area contributed by atoms with E-state index in [2.05, 4.69) is 33.0 Å². The predicted molar refractivity (Wildman–Crippen MR) is 81.0 cm³/mol. The second-order valence-corrected chi connectivity index (χ2v) is 5.26. The van der Waals surface area contributed by atoms with Crippen molar-refractivity contribution in [2.75, 3.05) is 6.54 Å². The first-order valence-electron chi connectivity index (χ1n) is 7.04. The lowest BCUT2D eigenvalue weighted by atomic mass is 9.90. The molecule has 18 heavy (non-hydrogen) atoms. The van der Waals surface area contributed by atoms with Gasteiger partial charge in [-0.1, -0.05) is 47.0 Å². The van der Waals surface area contributed by atoms with Gasteiger partial charge in [-0.3, -0.25) is 4.79 Å². The lowest BCUT2D eigenvalue weighted by molar-refractivity contribution is -0.123. The Morgan fingerprint density at radius 2 is 1.89 bits per heavy atom. The molecule has 0 radical (unpaired) electrons. The van der Waals surface area contributed by atoms with E-state index in [9.17, 15) is 4.79 Å². The van der Waals surface area contributed by atoms with E-state index >= 15 is 0 Å². The predicted octanol–water partition coefficient (Wildman–Crippen LogP) is 3.11. The summed E-state index contributed by atoms with van der Waals surface area (Å²) in [5.74, 6) is 1.22. The molecule has 3 N–H and O–H groups in total. The zero-order chi connectivity index (χ0) is 13.3. The topological polar surface area (TPSA) is 55.1 Å². The van der Waals surface area contributed by atoms with Crippen molar-refractivity contribution in [2.45, 2.75) is 65.8 Å². The Morgan fingerprint density at radius 3 is 2.28 bits per heavy atom. The maximum Gasteiger partial charge on any atom is 0.220 e. The molecule has 4 heteroatoms. The molecule has 0 aliphatic carbocycles. The van der Waals surface area contributed by atoms with Crippen LogP contribution in [0.1, 0.15) is 59.8 Å². The van der Waals surface area contributed by atoms with Gasteiger partial charge in [0.15, 0.2) is 0 Å². The van der Waals surface area contributed by atoms with Crippen LogP contribution in [-0.4, -0.2) is 18.5 Å². The van der Waals surface area contributed by atoms with Gasteiger partial charge in [0.25, 0.3) is 0 Å². The lowest BCUT2D eigenvalue weighted by Gasteiger charge is -2.21. The quantitative estimate of drug-likeness (QED) is 0.681. The van der Waals surface area contributed by atoms with Gasteiger partial charge in [-0.2, -0.15) is 0 Å². The molecule has 3 nitrogen and oxygen atoms in total. The third kappa shape index (κ3) is 8.76.